The maximum atomic E-state index is 12.2. The fraction of sp³-hybridized carbons (Fsp3) is 0.682. The van der Waals surface area contributed by atoms with Crippen LogP contribution in [0.1, 0.15) is 69.4 Å². The number of aryl methyl sites for hydroxylation is 2. The molecule has 144 valence electrons. The van der Waals surface area contributed by atoms with Gasteiger partial charge in [-0.1, -0.05) is 25.3 Å². The Morgan fingerprint density at radius 3 is 2.69 bits per heavy atom. The molecule has 2 aliphatic rings. The Labute approximate surface area is 157 Å². The lowest BCUT2D eigenvalue weighted by molar-refractivity contribution is -0.127. The Bertz CT molecular complexity index is 581. The molecule has 1 saturated carbocycles. The molecule has 0 bridgehead atoms. The molecule has 1 unspecified atom stereocenters. The molecule has 3 rings (SSSR count). The van der Waals surface area contributed by atoms with Crippen LogP contribution in [-0.2, 0) is 22.4 Å². The van der Waals surface area contributed by atoms with Crippen molar-refractivity contribution in [1.82, 2.24) is 5.32 Å². The number of fused-ring (bicyclic) bond motifs is 1. The van der Waals surface area contributed by atoms with E-state index in [9.17, 15) is 4.79 Å². The summed E-state index contributed by atoms with van der Waals surface area (Å²) < 4.78 is 11.7. The summed E-state index contributed by atoms with van der Waals surface area (Å²) in [7, 11) is 0. The molecule has 0 aromatic heterocycles. The predicted octanol–water partition coefficient (Wildman–Crippen LogP) is 4.19. The standard InChI is InChI=1S/C22H33NO3/c1-17(26-21-13-12-18-8-5-6-9-19(18)16-21)22(24)23-14-7-15-25-20-10-3-2-4-11-20/h12-13,16-17,20H,2-11,14-15H2,1H3,(H,23,24). The van der Waals surface area contributed by atoms with Gasteiger partial charge in [-0.05, 0) is 75.1 Å². The van der Waals surface area contributed by atoms with Crippen molar-refractivity contribution in [2.45, 2.75) is 83.3 Å². The Hall–Kier alpha value is -1.55. The van der Waals surface area contributed by atoms with E-state index in [0.29, 0.717) is 12.6 Å². The summed E-state index contributed by atoms with van der Waals surface area (Å²) in [5.74, 6) is 0.745. The zero-order valence-corrected chi connectivity index (χ0v) is 16.1. The topological polar surface area (TPSA) is 47.6 Å². The van der Waals surface area contributed by atoms with Crippen LogP contribution in [0.5, 0.6) is 5.75 Å². The van der Waals surface area contributed by atoms with Gasteiger partial charge < -0.3 is 14.8 Å². The first-order valence-electron chi connectivity index (χ1n) is 10.4. The highest BCUT2D eigenvalue weighted by molar-refractivity contribution is 5.80. The lowest BCUT2D eigenvalue weighted by Gasteiger charge is -2.22. The molecule has 0 saturated heterocycles. The zero-order chi connectivity index (χ0) is 18.2. The van der Waals surface area contributed by atoms with Crippen molar-refractivity contribution in [1.29, 1.82) is 0 Å². The van der Waals surface area contributed by atoms with Crippen LogP contribution in [0.3, 0.4) is 0 Å². The first kappa shape index (κ1) is 19.2. The molecule has 2 aliphatic carbocycles. The molecule has 0 heterocycles. The minimum absolute atomic E-state index is 0.0552. The van der Waals surface area contributed by atoms with Gasteiger partial charge in [0.05, 0.1) is 6.10 Å². The summed E-state index contributed by atoms with van der Waals surface area (Å²) in [5, 5.41) is 2.96. The third-order valence-corrected chi connectivity index (χ3v) is 5.53. The monoisotopic (exact) mass is 359 g/mol. The average molecular weight is 360 g/mol. The third-order valence-electron chi connectivity index (χ3n) is 5.53. The highest BCUT2D eigenvalue weighted by atomic mass is 16.5. The zero-order valence-electron chi connectivity index (χ0n) is 16.1. The second kappa shape index (κ2) is 9.96. The summed E-state index contributed by atoms with van der Waals surface area (Å²) in [4.78, 5) is 12.2. The van der Waals surface area contributed by atoms with E-state index in [-0.39, 0.29) is 5.91 Å². The normalized spacial score (nSPS) is 18.8. The van der Waals surface area contributed by atoms with Crippen molar-refractivity contribution >= 4 is 5.91 Å². The van der Waals surface area contributed by atoms with Gasteiger partial charge in [0.15, 0.2) is 6.10 Å². The summed E-state index contributed by atoms with van der Waals surface area (Å²) in [6.07, 6.45) is 11.9. The Balaban J connectivity index is 1.34. The van der Waals surface area contributed by atoms with Crippen LogP contribution in [-0.4, -0.2) is 31.3 Å². The molecule has 0 aliphatic heterocycles. The van der Waals surface area contributed by atoms with Crippen LogP contribution < -0.4 is 10.1 Å². The van der Waals surface area contributed by atoms with Crippen molar-refractivity contribution in [3.05, 3.63) is 29.3 Å². The number of benzene rings is 1. The van der Waals surface area contributed by atoms with E-state index >= 15 is 0 Å². The van der Waals surface area contributed by atoms with Gasteiger partial charge >= 0.3 is 0 Å². The molecule has 4 heteroatoms. The highest BCUT2D eigenvalue weighted by Gasteiger charge is 2.16. The Morgan fingerprint density at radius 2 is 1.88 bits per heavy atom. The molecule has 1 amide bonds. The molecule has 1 N–H and O–H groups in total. The first-order chi connectivity index (χ1) is 12.7. The van der Waals surface area contributed by atoms with Gasteiger partial charge in [0.25, 0.3) is 5.91 Å². The van der Waals surface area contributed by atoms with Crippen LogP contribution in [0.15, 0.2) is 18.2 Å². The predicted molar refractivity (Wildman–Crippen MR) is 104 cm³/mol. The molecule has 1 aromatic carbocycles. The van der Waals surface area contributed by atoms with Crippen LogP contribution in [0.4, 0.5) is 0 Å². The summed E-state index contributed by atoms with van der Waals surface area (Å²) in [6, 6.07) is 6.25. The number of rotatable bonds is 8. The number of carbonyl (C=O) groups excluding carboxylic acids is 1. The van der Waals surface area contributed by atoms with Gasteiger partial charge in [-0.15, -0.1) is 0 Å². The highest BCUT2D eigenvalue weighted by Crippen LogP contribution is 2.26. The van der Waals surface area contributed by atoms with Gasteiger partial charge in [0.2, 0.25) is 0 Å². The fourth-order valence-electron chi connectivity index (χ4n) is 3.95. The molecule has 0 radical (unpaired) electrons. The van der Waals surface area contributed by atoms with E-state index in [1.165, 1.54) is 56.1 Å². The molecule has 1 aromatic rings. The Morgan fingerprint density at radius 1 is 1.12 bits per heavy atom. The third kappa shape index (κ3) is 5.73. The van der Waals surface area contributed by atoms with Gasteiger partial charge in [-0.25, -0.2) is 0 Å². The second-order valence-corrected chi connectivity index (χ2v) is 7.67. The molecular formula is C22H33NO3. The maximum Gasteiger partial charge on any atom is 0.260 e. The van der Waals surface area contributed by atoms with Gasteiger partial charge in [-0.2, -0.15) is 0 Å². The minimum Gasteiger partial charge on any atom is -0.481 e. The van der Waals surface area contributed by atoms with Gasteiger partial charge in [-0.3, -0.25) is 4.79 Å². The van der Waals surface area contributed by atoms with Crippen molar-refractivity contribution in [2.75, 3.05) is 13.2 Å². The fourth-order valence-corrected chi connectivity index (χ4v) is 3.95. The summed E-state index contributed by atoms with van der Waals surface area (Å²) in [5.41, 5.74) is 2.81. The number of amides is 1. The molecule has 1 atom stereocenters. The van der Waals surface area contributed by atoms with Crippen molar-refractivity contribution in [2.24, 2.45) is 0 Å². The molecule has 1 fully saturated rings. The molecule has 26 heavy (non-hydrogen) atoms. The van der Waals surface area contributed by atoms with E-state index in [0.717, 1.165) is 31.6 Å². The lowest BCUT2D eigenvalue weighted by Crippen LogP contribution is -2.37. The molecule has 4 nitrogen and oxygen atoms in total. The van der Waals surface area contributed by atoms with Crippen molar-refractivity contribution < 1.29 is 14.3 Å². The van der Waals surface area contributed by atoms with E-state index in [4.69, 9.17) is 9.47 Å². The van der Waals surface area contributed by atoms with Crippen LogP contribution >= 0.6 is 0 Å². The number of ether oxygens (including phenoxy) is 2. The van der Waals surface area contributed by atoms with Crippen LogP contribution in [0.2, 0.25) is 0 Å². The molecule has 0 spiro atoms. The number of carbonyl (C=O) groups is 1. The maximum absolute atomic E-state index is 12.2. The van der Waals surface area contributed by atoms with E-state index in [1.807, 2.05) is 13.0 Å². The largest absolute Gasteiger partial charge is 0.481 e. The average Bonchev–Trinajstić information content (AvgIpc) is 2.68. The first-order valence-corrected chi connectivity index (χ1v) is 10.4. The summed E-state index contributed by atoms with van der Waals surface area (Å²) >= 11 is 0. The van der Waals surface area contributed by atoms with Gasteiger partial charge in [0.1, 0.15) is 5.75 Å². The number of nitrogens with one attached hydrogen (secondary N) is 1. The van der Waals surface area contributed by atoms with Crippen molar-refractivity contribution in [3.8, 4) is 5.75 Å². The van der Waals surface area contributed by atoms with Crippen LogP contribution in [0.25, 0.3) is 0 Å². The number of hydrogen-bond acceptors (Lipinski definition) is 3. The SMILES string of the molecule is CC(Oc1ccc2c(c1)CCCC2)C(=O)NCCCOC1CCCCC1. The van der Waals surface area contributed by atoms with Crippen LogP contribution in [0, 0.1) is 0 Å². The van der Waals surface area contributed by atoms with E-state index < -0.39 is 6.10 Å². The minimum atomic E-state index is -0.476. The van der Waals surface area contributed by atoms with Crippen molar-refractivity contribution in [3.63, 3.8) is 0 Å². The Kier molecular flexibility index (Phi) is 7.36. The molecular weight excluding hydrogens is 326 g/mol. The summed E-state index contributed by atoms with van der Waals surface area (Å²) in [6.45, 7) is 3.18. The quantitative estimate of drug-likeness (QED) is 0.708. The second-order valence-electron chi connectivity index (χ2n) is 7.67. The lowest BCUT2D eigenvalue weighted by atomic mass is 9.92. The van der Waals surface area contributed by atoms with E-state index in [2.05, 4.69) is 17.4 Å². The van der Waals surface area contributed by atoms with E-state index in [1.54, 1.807) is 0 Å². The van der Waals surface area contributed by atoms with Gasteiger partial charge in [0, 0.05) is 13.2 Å². The smallest absolute Gasteiger partial charge is 0.260 e. The number of hydrogen-bond donors (Lipinski definition) is 1.